The fraction of sp³-hybridized carbons (Fsp3) is 0.353. The fourth-order valence-electron chi connectivity index (χ4n) is 2.97. The minimum Gasteiger partial charge on any atom is -0.332 e. The normalized spacial score (nSPS) is 18.0. The molecule has 124 valence electrons. The molecule has 0 radical (unpaired) electrons. The largest absolute Gasteiger partial charge is 0.332 e. The molecule has 0 saturated carbocycles. The summed E-state index contributed by atoms with van der Waals surface area (Å²) in [5, 5.41) is 11.9. The Morgan fingerprint density at radius 3 is 3.12 bits per heavy atom. The summed E-state index contributed by atoms with van der Waals surface area (Å²) in [7, 11) is 0. The van der Waals surface area contributed by atoms with Gasteiger partial charge in [-0.1, -0.05) is 17.3 Å². The number of halogens is 1. The van der Waals surface area contributed by atoms with Gasteiger partial charge in [-0.15, -0.1) is 0 Å². The van der Waals surface area contributed by atoms with Crippen LogP contribution in [0.15, 0.2) is 41.1 Å². The second-order valence-corrected chi connectivity index (χ2v) is 6.00. The van der Waals surface area contributed by atoms with Crippen molar-refractivity contribution in [2.45, 2.75) is 25.3 Å². The Hall–Kier alpha value is -2.54. The molecular formula is C17H18FN5O. The highest BCUT2D eigenvalue weighted by Gasteiger charge is 2.18. The van der Waals surface area contributed by atoms with Gasteiger partial charge in [0.05, 0.1) is 6.04 Å². The summed E-state index contributed by atoms with van der Waals surface area (Å²) in [6.45, 7) is 1.99. The van der Waals surface area contributed by atoms with Crippen molar-refractivity contribution in [3.8, 4) is 11.6 Å². The summed E-state index contributed by atoms with van der Waals surface area (Å²) in [5.41, 5.74) is 1.47. The molecule has 3 aromatic rings. The van der Waals surface area contributed by atoms with E-state index >= 15 is 0 Å². The van der Waals surface area contributed by atoms with Crippen molar-refractivity contribution < 1.29 is 8.91 Å². The van der Waals surface area contributed by atoms with Crippen molar-refractivity contribution in [2.75, 3.05) is 13.1 Å². The van der Waals surface area contributed by atoms with Gasteiger partial charge in [0, 0.05) is 19.2 Å². The molecule has 0 amide bonds. The number of hydrogen-bond acceptors (Lipinski definition) is 5. The smallest absolute Gasteiger partial charge is 0.278 e. The van der Waals surface area contributed by atoms with E-state index in [2.05, 4.69) is 20.6 Å². The Balaban J connectivity index is 1.49. The zero-order valence-electron chi connectivity index (χ0n) is 13.2. The van der Waals surface area contributed by atoms with E-state index in [9.17, 15) is 4.39 Å². The van der Waals surface area contributed by atoms with Crippen molar-refractivity contribution in [3.63, 3.8) is 0 Å². The summed E-state index contributed by atoms with van der Waals surface area (Å²) >= 11 is 0. The minimum absolute atomic E-state index is 0.268. The Kier molecular flexibility index (Phi) is 4.08. The van der Waals surface area contributed by atoms with Crippen LogP contribution in [-0.4, -0.2) is 33.0 Å². The van der Waals surface area contributed by atoms with Gasteiger partial charge >= 0.3 is 0 Å². The third kappa shape index (κ3) is 3.21. The lowest BCUT2D eigenvalue weighted by Crippen LogP contribution is -2.31. The molecular weight excluding hydrogens is 309 g/mol. The monoisotopic (exact) mass is 327 g/mol. The van der Waals surface area contributed by atoms with Crippen LogP contribution in [0, 0.1) is 5.82 Å². The van der Waals surface area contributed by atoms with Gasteiger partial charge in [-0.3, -0.25) is 4.68 Å². The molecule has 0 aliphatic carbocycles. The van der Waals surface area contributed by atoms with Crippen molar-refractivity contribution >= 4 is 0 Å². The van der Waals surface area contributed by atoms with Crippen molar-refractivity contribution in [3.05, 3.63) is 53.7 Å². The number of piperidine rings is 1. The van der Waals surface area contributed by atoms with E-state index in [1.165, 1.54) is 12.1 Å². The first-order valence-electron chi connectivity index (χ1n) is 8.11. The molecule has 0 spiro atoms. The number of nitrogens with one attached hydrogen (secondary N) is 1. The molecule has 1 unspecified atom stereocenters. The van der Waals surface area contributed by atoms with E-state index in [-0.39, 0.29) is 5.82 Å². The number of nitrogens with zero attached hydrogens (tertiary/aromatic N) is 4. The SMILES string of the molecule is Fc1cccc(Cc2noc(-c3ccn(C4CCCNC4)n3)n2)c1. The molecule has 0 bridgehead atoms. The molecule has 4 rings (SSSR count). The predicted octanol–water partition coefficient (Wildman–Crippen LogP) is 2.59. The van der Waals surface area contributed by atoms with Crippen LogP contribution in [0.2, 0.25) is 0 Å². The molecule has 7 heteroatoms. The lowest BCUT2D eigenvalue weighted by atomic mass is 10.1. The van der Waals surface area contributed by atoms with E-state index < -0.39 is 0 Å². The van der Waals surface area contributed by atoms with Gasteiger partial charge < -0.3 is 9.84 Å². The first-order valence-corrected chi connectivity index (χ1v) is 8.11. The van der Waals surface area contributed by atoms with Gasteiger partial charge in [-0.25, -0.2) is 4.39 Å². The van der Waals surface area contributed by atoms with Gasteiger partial charge in [-0.2, -0.15) is 10.1 Å². The highest BCUT2D eigenvalue weighted by Crippen LogP contribution is 2.20. The Bertz CT molecular complexity index is 822. The molecule has 1 saturated heterocycles. The lowest BCUT2D eigenvalue weighted by molar-refractivity contribution is 0.346. The summed E-state index contributed by atoms with van der Waals surface area (Å²) < 4.78 is 20.5. The highest BCUT2D eigenvalue weighted by molar-refractivity contribution is 5.45. The molecule has 1 aliphatic rings. The van der Waals surface area contributed by atoms with Crippen LogP contribution < -0.4 is 5.32 Å². The van der Waals surface area contributed by atoms with E-state index in [0.29, 0.717) is 29.9 Å². The maximum absolute atomic E-state index is 13.2. The van der Waals surface area contributed by atoms with E-state index in [1.54, 1.807) is 6.07 Å². The molecule has 1 aliphatic heterocycles. The standard InChI is InChI=1S/C17H18FN5O/c18-13-4-1-3-12(9-13)10-16-20-17(24-22-16)15-6-8-23(21-15)14-5-2-7-19-11-14/h1,3-4,6,8-9,14,19H,2,5,7,10-11H2. The summed E-state index contributed by atoms with van der Waals surface area (Å²) in [6.07, 6.45) is 4.64. The Morgan fingerprint density at radius 1 is 1.33 bits per heavy atom. The molecule has 1 N–H and O–H groups in total. The van der Waals surface area contributed by atoms with Crippen LogP contribution >= 0.6 is 0 Å². The second-order valence-electron chi connectivity index (χ2n) is 6.00. The van der Waals surface area contributed by atoms with E-state index in [1.807, 2.05) is 23.0 Å². The van der Waals surface area contributed by atoms with Gasteiger partial charge in [-0.05, 0) is 43.1 Å². The molecule has 24 heavy (non-hydrogen) atoms. The van der Waals surface area contributed by atoms with Gasteiger partial charge in [0.15, 0.2) is 11.5 Å². The number of rotatable bonds is 4. The summed E-state index contributed by atoms with van der Waals surface area (Å²) in [4.78, 5) is 4.37. The zero-order chi connectivity index (χ0) is 16.4. The maximum atomic E-state index is 13.2. The maximum Gasteiger partial charge on any atom is 0.278 e. The highest BCUT2D eigenvalue weighted by atomic mass is 19.1. The average molecular weight is 327 g/mol. The molecule has 1 fully saturated rings. The first-order chi connectivity index (χ1) is 11.8. The lowest BCUT2D eigenvalue weighted by Gasteiger charge is -2.22. The van der Waals surface area contributed by atoms with Crippen LogP contribution in [0.3, 0.4) is 0 Å². The topological polar surface area (TPSA) is 68.8 Å². The van der Waals surface area contributed by atoms with Crippen LogP contribution in [0.5, 0.6) is 0 Å². The van der Waals surface area contributed by atoms with E-state index in [0.717, 1.165) is 31.5 Å². The molecule has 2 aromatic heterocycles. The van der Waals surface area contributed by atoms with Crippen LogP contribution in [0.25, 0.3) is 11.6 Å². The summed E-state index contributed by atoms with van der Waals surface area (Å²) in [5.74, 6) is 0.643. The third-order valence-electron chi connectivity index (χ3n) is 4.19. The van der Waals surface area contributed by atoms with Crippen molar-refractivity contribution in [2.24, 2.45) is 0 Å². The quantitative estimate of drug-likeness (QED) is 0.798. The van der Waals surface area contributed by atoms with Crippen molar-refractivity contribution in [1.82, 2.24) is 25.2 Å². The molecule has 1 atom stereocenters. The van der Waals surface area contributed by atoms with Crippen LogP contribution in [-0.2, 0) is 6.42 Å². The van der Waals surface area contributed by atoms with E-state index in [4.69, 9.17) is 4.52 Å². The molecule has 1 aromatic carbocycles. The first kappa shape index (κ1) is 15.0. The number of benzene rings is 1. The van der Waals surface area contributed by atoms with Crippen LogP contribution in [0.1, 0.15) is 30.3 Å². The Labute approximate surface area is 138 Å². The van der Waals surface area contributed by atoms with Gasteiger partial charge in [0.25, 0.3) is 5.89 Å². The predicted molar refractivity (Wildman–Crippen MR) is 85.9 cm³/mol. The van der Waals surface area contributed by atoms with Gasteiger partial charge in [0.1, 0.15) is 5.82 Å². The molecule has 3 heterocycles. The zero-order valence-corrected chi connectivity index (χ0v) is 13.2. The number of aromatic nitrogens is 4. The Morgan fingerprint density at radius 2 is 2.29 bits per heavy atom. The number of hydrogen-bond donors (Lipinski definition) is 1. The summed E-state index contributed by atoms with van der Waals surface area (Å²) in [6, 6.07) is 8.64. The second kappa shape index (κ2) is 6.52. The van der Waals surface area contributed by atoms with Gasteiger partial charge in [0.2, 0.25) is 0 Å². The minimum atomic E-state index is -0.268. The average Bonchev–Trinajstić information content (AvgIpc) is 3.25. The fourth-order valence-corrected chi connectivity index (χ4v) is 2.97. The van der Waals surface area contributed by atoms with Crippen LogP contribution in [0.4, 0.5) is 4.39 Å². The molecule has 6 nitrogen and oxygen atoms in total. The third-order valence-corrected chi connectivity index (χ3v) is 4.19. The van der Waals surface area contributed by atoms with Crippen molar-refractivity contribution in [1.29, 1.82) is 0 Å².